The Bertz CT molecular complexity index is 534. The van der Waals surface area contributed by atoms with E-state index in [0.717, 1.165) is 5.56 Å². The van der Waals surface area contributed by atoms with Crippen LogP contribution in [0.1, 0.15) is 26.3 Å². The topological polar surface area (TPSA) is 76.1 Å². The summed E-state index contributed by atoms with van der Waals surface area (Å²) in [5.74, 6) is -0.133. The number of carboxylic acid groups (broad SMARTS) is 1. The predicted molar refractivity (Wildman–Crippen MR) is 86.6 cm³/mol. The zero-order chi connectivity index (χ0) is 17.6. The molecule has 0 aliphatic heterocycles. The molecular formula is C17H25NO5. The van der Waals surface area contributed by atoms with E-state index in [-0.39, 0.29) is 30.8 Å². The van der Waals surface area contributed by atoms with E-state index < -0.39 is 5.97 Å². The molecule has 1 aromatic rings. The molecule has 1 atom stereocenters. The molecule has 6 nitrogen and oxygen atoms in total. The normalized spacial score (nSPS) is 11.9. The van der Waals surface area contributed by atoms with Crippen molar-refractivity contribution in [1.82, 2.24) is 4.90 Å². The molecule has 0 fully saturated rings. The van der Waals surface area contributed by atoms with Gasteiger partial charge in [0.15, 0.2) is 0 Å². The summed E-state index contributed by atoms with van der Waals surface area (Å²) in [5.41, 5.74) is 0.756. The first-order valence-corrected chi connectivity index (χ1v) is 7.51. The minimum absolute atomic E-state index is 0.138. The number of aliphatic carboxylic acids is 1. The molecular weight excluding hydrogens is 298 g/mol. The van der Waals surface area contributed by atoms with Crippen molar-refractivity contribution < 1.29 is 24.2 Å². The Morgan fingerprint density at radius 2 is 1.61 bits per heavy atom. The quantitative estimate of drug-likeness (QED) is 0.795. The van der Waals surface area contributed by atoms with E-state index in [2.05, 4.69) is 0 Å². The fraction of sp³-hybridized carbons (Fsp3) is 0.529. The Labute approximate surface area is 137 Å². The highest BCUT2D eigenvalue weighted by Gasteiger charge is 2.25. The Hall–Kier alpha value is -2.24. The highest BCUT2D eigenvalue weighted by molar-refractivity contribution is 5.83. The van der Waals surface area contributed by atoms with E-state index in [4.69, 9.17) is 14.6 Å². The van der Waals surface area contributed by atoms with E-state index >= 15 is 0 Å². The number of amides is 1. The summed E-state index contributed by atoms with van der Waals surface area (Å²) in [6.07, 6.45) is 0. The number of ether oxygens (including phenoxy) is 2. The van der Waals surface area contributed by atoms with Crippen molar-refractivity contribution in [2.75, 3.05) is 20.8 Å². The minimum atomic E-state index is -1.04. The molecule has 1 amide bonds. The number of carbonyl (C=O) groups excluding carboxylic acids is 1. The third kappa shape index (κ3) is 5.47. The number of rotatable bonds is 8. The van der Waals surface area contributed by atoms with E-state index in [0.29, 0.717) is 11.5 Å². The molecule has 1 aromatic carbocycles. The van der Waals surface area contributed by atoms with Crippen molar-refractivity contribution in [1.29, 1.82) is 0 Å². The van der Waals surface area contributed by atoms with Crippen LogP contribution >= 0.6 is 0 Å². The van der Waals surface area contributed by atoms with Gasteiger partial charge < -0.3 is 19.5 Å². The van der Waals surface area contributed by atoms with Gasteiger partial charge in [-0.05, 0) is 23.6 Å². The average Bonchev–Trinajstić information content (AvgIpc) is 2.51. The second kappa shape index (κ2) is 8.41. The van der Waals surface area contributed by atoms with Gasteiger partial charge in [-0.3, -0.25) is 9.59 Å². The van der Waals surface area contributed by atoms with Crippen LogP contribution in [0.3, 0.4) is 0 Å². The molecule has 0 aliphatic carbocycles. The third-order valence-electron chi connectivity index (χ3n) is 3.81. The molecule has 0 spiro atoms. The first-order valence-electron chi connectivity index (χ1n) is 7.51. The molecule has 1 N–H and O–H groups in total. The molecule has 0 aliphatic rings. The highest BCUT2D eigenvalue weighted by Crippen LogP contribution is 2.24. The van der Waals surface area contributed by atoms with E-state index in [9.17, 15) is 9.59 Å². The third-order valence-corrected chi connectivity index (χ3v) is 3.81. The molecule has 0 saturated carbocycles. The van der Waals surface area contributed by atoms with Crippen molar-refractivity contribution in [3.05, 3.63) is 23.8 Å². The molecule has 0 saturated heterocycles. The maximum atomic E-state index is 12.5. The number of methoxy groups -OCH3 is 2. The number of hydrogen-bond acceptors (Lipinski definition) is 4. The second-order valence-electron chi connectivity index (χ2n) is 5.84. The molecule has 128 valence electrons. The van der Waals surface area contributed by atoms with Crippen LogP contribution in [0.4, 0.5) is 0 Å². The molecule has 0 radical (unpaired) electrons. The zero-order valence-corrected chi connectivity index (χ0v) is 14.3. The first-order chi connectivity index (χ1) is 10.8. The van der Waals surface area contributed by atoms with Crippen molar-refractivity contribution in [3.63, 3.8) is 0 Å². The lowest BCUT2D eigenvalue weighted by atomic mass is 9.96. The lowest BCUT2D eigenvalue weighted by Crippen LogP contribution is -2.39. The molecule has 0 bridgehead atoms. The van der Waals surface area contributed by atoms with E-state index in [1.54, 1.807) is 32.4 Å². The van der Waals surface area contributed by atoms with E-state index in [1.165, 1.54) is 4.90 Å². The van der Waals surface area contributed by atoms with Gasteiger partial charge in [-0.25, -0.2) is 0 Å². The Morgan fingerprint density at radius 1 is 1.09 bits per heavy atom. The molecule has 6 heteroatoms. The van der Waals surface area contributed by atoms with Crippen LogP contribution in [0.15, 0.2) is 18.2 Å². The van der Waals surface area contributed by atoms with Gasteiger partial charge in [0.25, 0.3) is 0 Å². The summed E-state index contributed by atoms with van der Waals surface area (Å²) >= 11 is 0. The van der Waals surface area contributed by atoms with Crippen LogP contribution < -0.4 is 9.47 Å². The molecule has 1 unspecified atom stereocenters. The SMILES string of the molecule is COc1cc(CN(CC(=O)O)C(=O)C(C)C(C)C)cc(OC)c1. The van der Waals surface area contributed by atoms with Gasteiger partial charge in [0.05, 0.1) is 14.2 Å². The van der Waals surface area contributed by atoms with Crippen LogP contribution in [-0.4, -0.2) is 42.6 Å². The van der Waals surface area contributed by atoms with Gasteiger partial charge in [0, 0.05) is 18.5 Å². The molecule has 1 rings (SSSR count). The van der Waals surface area contributed by atoms with Crippen molar-refractivity contribution in [2.45, 2.75) is 27.3 Å². The Morgan fingerprint density at radius 3 is 2.00 bits per heavy atom. The lowest BCUT2D eigenvalue weighted by Gasteiger charge is -2.26. The Kier molecular flexibility index (Phi) is 6.88. The van der Waals surface area contributed by atoms with Gasteiger partial charge >= 0.3 is 5.97 Å². The van der Waals surface area contributed by atoms with Crippen LogP contribution in [0.2, 0.25) is 0 Å². The first kappa shape index (κ1) is 18.8. The largest absolute Gasteiger partial charge is 0.497 e. The van der Waals surface area contributed by atoms with Gasteiger partial charge in [-0.1, -0.05) is 20.8 Å². The summed E-state index contributed by atoms with van der Waals surface area (Å²) < 4.78 is 10.4. The summed E-state index contributed by atoms with van der Waals surface area (Å²) in [6.45, 7) is 5.55. The van der Waals surface area contributed by atoms with Crippen LogP contribution in [-0.2, 0) is 16.1 Å². The zero-order valence-electron chi connectivity index (χ0n) is 14.3. The number of benzene rings is 1. The van der Waals surface area contributed by atoms with Gasteiger partial charge in [0.2, 0.25) is 5.91 Å². The Balaban J connectivity index is 3.05. The monoisotopic (exact) mass is 323 g/mol. The molecule has 23 heavy (non-hydrogen) atoms. The smallest absolute Gasteiger partial charge is 0.323 e. The summed E-state index contributed by atoms with van der Waals surface area (Å²) in [5, 5.41) is 9.09. The van der Waals surface area contributed by atoms with Crippen molar-refractivity contribution in [2.24, 2.45) is 11.8 Å². The minimum Gasteiger partial charge on any atom is -0.497 e. The van der Waals surface area contributed by atoms with Crippen LogP contribution in [0.25, 0.3) is 0 Å². The number of carbonyl (C=O) groups is 2. The second-order valence-corrected chi connectivity index (χ2v) is 5.84. The van der Waals surface area contributed by atoms with Crippen molar-refractivity contribution >= 4 is 11.9 Å². The van der Waals surface area contributed by atoms with Crippen LogP contribution in [0, 0.1) is 11.8 Å². The van der Waals surface area contributed by atoms with Crippen LogP contribution in [0.5, 0.6) is 11.5 Å². The number of carboxylic acids is 1. The fourth-order valence-corrected chi connectivity index (χ4v) is 2.13. The van der Waals surface area contributed by atoms with E-state index in [1.807, 2.05) is 20.8 Å². The maximum Gasteiger partial charge on any atom is 0.323 e. The lowest BCUT2D eigenvalue weighted by molar-refractivity contribution is -0.147. The summed E-state index contributed by atoms with van der Waals surface area (Å²) in [7, 11) is 3.08. The number of nitrogens with zero attached hydrogens (tertiary/aromatic N) is 1. The van der Waals surface area contributed by atoms with Crippen molar-refractivity contribution in [3.8, 4) is 11.5 Å². The van der Waals surface area contributed by atoms with Gasteiger partial charge in [0.1, 0.15) is 18.0 Å². The standard InChI is InChI=1S/C17H25NO5/c1-11(2)12(3)17(21)18(10-16(19)20)9-13-6-14(22-4)8-15(7-13)23-5/h6-8,11-12H,9-10H2,1-5H3,(H,19,20). The number of hydrogen-bond donors (Lipinski definition) is 1. The summed E-state index contributed by atoms with van der Waals surface area (Å²) in [6, 6.07) is 5.26. The molecule has 0 heterocycles. The fourth-order valence-electron chi connectivity index (χ4n) is 2.13. The van der Waals surface area contributed by atoms with Gasteiger partial charge in [-0.15, -0.1) is 0 Å². The molecule has 0 aromatic heterocycles. The maximum absolute atomic E-state index is 12.5. The highest BCUT2D eigenvalue weighted by atomic mass is 16.5. The predicted octanol–water partition coefficient (Wildman–Crippen LogP) is 2.41. The van der Waals surface area contributed by atoms with Gasteiger partial charge in [-0.2, -0.15) is 0 Å². The average molecular weight is 323 g/mol. The summed E-state index contributed by atoms with van der Waals surface area (Å²) in [4.78, 5) is 25.0.